The quantitative estimate of drug-likeness (QED) is 0.419. The van der Waals surface area contributed by atoms with Crippen LogP contribution in [0.2, 0.25) is 0 Å². The molecule has 3 aromatic heterocycles. The van der Waals surface area contributed by atoms with Crippen LogP contribution in [0.1, 0.15) is 21.5 Å². The van der Waals surface area contributed by atoms with E-state index in [0.29, 0.717) is 5.56 Å². The molecule has 0 aliphatic rings. The van der Waals surface area contributed by atoms with Crippen LogP contribution in [-0.4, -0.2) is 42.3 Å². The van der Waals surface area contributed by atoms with E-state index in [0.717, 1.165) is 39.3 Å². The standard InChI is InChI=1S/C19H14F3N7O3S/c1-23-16(31)12-6-26-29-15(12)17(32)28(13-7-25-14(30)8-24-13)18(27-29)33-9-10-2-4-11(5-3-10)19(20,21)22/h2-8H,9H2,1H3,(H,23,31)(H,25,30). The van der Waals surface area contributed by atoms with Gasteiger partial charge in [0.1, 0.15) is 0 Å². The SMILES string of the molecule is CNC(=O)c1cnn2nc(SCc3ccc(C(F)(F)F)cc3)n(-c3c[nH]c(=O)cn3)c(=O)c12. The van der Waals surface area contributed by atoms with Gasteiger partial charge in [0.15, 0.2) is 16.5 Å². The van der Waals surface area contributed by atoms with E-state index in [-0.39, 0.29) is 27.8 Å². The Morgan fingerprint density at radius 3 is 2.52 bits per heavy atom. The number of benzene rings is 1. The average molecular weight is 477 g/mol. The number of alkyl halides is 3. The Bertz CT molecular complexity index is 1440. The number of carbonyl (C=O) groups is 1. The van der Waals surface area contributed by atoms with Gasteiger partial charge in [0, 0.05) is 19.0 Å². The molecule has 0 atom stereocenters. The number of hydrogen-bond donors (Lipinski definition) is 2. The fourth-order valence-corrected chi connectivity index (χ4v) is 3.85. The lowest BCUT2D eigenvalue weighted by Gasteiger charge is -2.12. The van der Waals surface area contributed by atoms with Crippen LogP contribution in [0.25, 0.3) is 11.3 Å². The second kappa shape index (κ2) is 8.54. The van der Waals surface area contributed by atoms with Crippen LogP contribution in [0.4, 0.5) is 13.2 Å². The second-order valence-corrected chi connectivity index (χ2v) is 7.59. The summed E-state index contributed by atoms with van der Waals surface area (Å²) in [7, 11) is 1.40. The van der Waals surface area contributed by atoms with E-state index in [1.165, 1.54) is 31.6 Å². The molecular formula is C19H14F3N7O3S. The summed E-state index contributed by atoms with van der Waals surface area (Å²) in [5.41, 5.74) is -1.50. The molecule has 0 aliphatic carbocycles. The topological polar surface area (TPSA) is 127 Å². The fraction of sp³-hybridized carbons (Fsp3) is 0.158. The number of thioether (sulfide) groups is 1. The highest BCUT2D eigenvalue weighted by Crippen LogP contribution is 2.30. The highest BCUT2D eigenvalue weighted by molar-refractivity contribution is 7.98. The highest BCUT2D eigenvalue weighted by atomic mass is 32.2. The zero-order chi connectivity index (χ0) is 23.8. The summed E-state index contributed by atoms with van der Waals surface area (Å²) in [5.74, 6) is -0.341. The largest absolute Gasteiger partial charge is 0.416 e. The van der Waals surface area contributed by atoms with Gasteiger partial charge in [-0.25, -0.2) is 9.55 Å². The van der Waals surface area contributed by atoms with Gasteiger partial charge in [-0.15, -0.1) is 9.73 Å². The molecule has 170 valence electrons. The fourth-order valence-electron chi connectivity index (χ4n) is 2.93. The van der Waals surface area contributed by atoms with Crippen molar-refractivity contribution in [3.63, 3.8) is 0 Å². The molecule has 14 heteroatoms. The molecule has 0 saturated heterocycles. The molecule has 0 fully saturated rings. The van der Waals surface area contributed by atoms with Gasteiger partial charge < -0.3 is 10.3 Å². The van der Waals surface area contributed by atoms with Crippen molar-refractivity contribution in [2.75, 3.05) is 7.05 Å². The van der Waals surface area contributed by atoms with Crippen LogP contribution in [0.3, 0.4) is 0 Å². The summed E-state index contributed by atoms with van der Waals surface area (Å²) in [5, 5.41) is 10.8. The van der Waals surface area contributed by atoms with Gasteiger partial charge in [0.25, 0.3) is 17.0 Å². The molecule has 0 bridgehead atoms. The van der Waals surface area contributed by atoms with Crippen molar-refractivity contribution in [1.82, 2.24) is 34.7 Å². The number of amides is 1. The van der Waals surface area contributed by atoms with E-state index in [1.807, 2.05) is 0 Å². The van der Waals surface area contributed by atoms with Gasteiger partial charge in [-0.05, 0) is 17.7 Å². The third-order valence-corrected chi connectivity index (χ3v) is 5.54. The summed E-state index contributed by atoms with van der Waals surface area (Å²) in [6.45, 7) is 0. The Kier molecular flexibility index (Phi) is 5.76. The summed E-state index contributed by atoms with van der Waals surface area (Å²) >= 11 is 1.04. The summed E-state index contributed by atoms with van der Waals surface area (Å²) in [6, 6.07) is 4.58. The Morgan fingerprint density at radius 2 is 1.91 bits per heavy atom. The number of rotatable bonds is 5. The maximum atomic E-state index is 13.3. The van der Waals surface area contributed by atoms with E-state index in [9.17, 15) is 27.6 Å². The molecule has 1 aromatic carbocycles. The van der Waals surface area contributed by atoms with Crippen LogP contribution in [0.5, 0.6) is 0 Å². The van der Waals surface area contributed by atoms with Gasteiger partial charge in [-0.3, -0.25) is 14.4 Å². The predicted molar refractivity (Wildman–Crippen MR) is 111 cm³/mol. The third-order valence-electron chi connectivity index (χ3n) is 4.54. The molecule has 3 heterocycles. The first kappa shape index (κ1) is 22.3. The maximum Gasteiger partial charge on any atom is 0.416 e. The molecule has 0 radical (unpaired) electrons. The van der Waals surface area contributed by atoms with Crippen molar-refractivity contribution in [2.45, 2.75) is 17.1 Å². The molecule has 0 aliphatic heterocycles. The van der Waals surface area contributed by atoms with E-state index >= 15 is 0 Å². The smallest absolute Gasteiger partial charge is 0.355 e. The molecular weight excluding hydrogens is 463 g/mol. The van der Waals surface area contributed by atoms with E-state index < -0.39 is 28.8 Å². The Labute approximate surface area is 186 Å². The minimum Gasteiger partial charge on any atom is -0.355 e. The highest BCUT2D eigenvalue weighted by Gasteiger charge is 2.30. The molecule has 0 saturated carbocycles. The monoisotopic (exact) mass is 477 g/mol. The zero-order valence-electron chi connectivity index (χ0n) is 16.8. The lowest BCUT2D eigenvalue weighted by molar-refractivity contribution is -0.137. The predicted octanol–water partition coefficient (Wildman–Crippen LogP) is 1.63. The summed E-state index contributed by atoms with van der Waals surface area (Å²) in [6.07, 6.45) is -1.07. The number of nitrogens with zero attached hydrogens (tertiary/aromatic N) is 5. The molecule has 1 amide bonds. The van der Waals surface area contributed by atoms with Crippen LogP contribution in [0.15, 0.2) is 57.6 Å². The number of nitrogens with one attached hydrogen (secondary N) is 2. The lowest BCUT2D eigenvalue weighted by Crippen LogP contribution is -2.28. The number of halogens is 3. The van der Waals surface area contributed by atoms with E-state index in [1.54, 1.807) is 0 Å². The molecule has 2 N–H and O–H groups in total. The van der Waals surface area contributed by atoms with Crippen LogP contribution in [-0.2, 0) is 11.9 Å². The number of carbonyl (C=O) groups excluding carboxylic acids is 1. The Balaban J connectivity index is 1.79. The van der Waals surface area contributed by atoms with Crippen molar-refractivity contribution in [3.8, 4) is 5.82 Å². The van der Waals surface area contributed by atoms with Gasteiger partial charge in [-0.1, -0.05) is 23.9 Å². The molecule has 33 heavy (non-hydrogen) atoms. The van der Waals surface area contributed by atoms with E-state index in [4.69, 9.17) is 0 Å². The number of fused-ring (bicyclic) bond motifs is 1. The van der Waals surface area contributed by atoms with Crippen LogP contribution >= 0.6 is 11.8 Å². The third kappa shape index (κ3) is 4.37. The normalized spacial score (nSPS) is 11.6. The van der Waals surface area contributed by atoms with E-state index in [2.05, 4.69) is 25.5 Å². The first-order valence-corrected chi connectivity index (χ1v) is 10.2. The van der Waals surface area contributed by atoms with Crippen LogP contribution < -0.4 is 16.4 Å². The minimum absolute atomic E-state index is 0.00698. The van der Waals surface area contributed by atoms with Crippen molar-refractivity contribution in [1.29, 1.82) is 0 Å². The second-order valence-electron chi connectivity index (χ2n) is 6.65. The van der Waals surface area contributed by atoms with Gasteiger partial charge in [-0.2, -0.15) is 18.3 Å². The zero-order valence-corrected chi connectivity index (χ0v) is 17.6. The minimum atomic E-state index is -4.45. The van der Waals surface area contributed by atoms with Crippen molar-refractivity contribution < 1.29 is 18.0 Å². The maximum absolute atomic E-state index is 13.3. The molecule has 10 nitrogen and oxygen atoms in total. The summed E-state index contributed by atoms with van der Waals surface area (Å²) in [4.78, 5) is 43.2. The molecule has 4 rings (SSSR count). The molecule has 4 aromatic rings. The number of aromatic nitrogens is 6. The Hall–Kier alpha value is -3.94. The molecule has 0 unspecified atom stereocenters. The van der Waals surface area contributed by atoms with Crippen molar-refractivity contribution >= 4 is 23.2 Å². The van der Waals surface area contributed by atoms with Crippen molar-refractivity contribution in [2.24, 2.45) is 0 Å². The van der Waals surface area contributed by atoms with Crippen molar-refractivity contribution in [3.05, 3.63) is 80.3 Å². The van der Waals surface area contributed by atoms with Crippen LogP contribution in [0, 0.1) is 0 Å². The first-order valence-electron chi connectivity index (χ1n) is 9.26. The van der Waals surface area contributed by atoms with Gasteiger partial charge >= 0.3 is 6.18 Å². The molecule has 0 spiro atoms. The average Bonchev–Trinajstić information content (AvgIpc) is 3.22. The number of H-pyrrole nitrogens is 1. The number of aromatic amines is 1. The first-order chi connectivity index (χ1) is 15.7. The van der Waals surface area contributed by atoms with Gasteiger partial charge in [0.2, 0.25) is 0 Å². The number of hydrogen-bond acceptors (Lipinski definition) is 7. The van der Waals surface area contributed by atoms with Gasteiger partial charge in [0.05, 0.1) is 23.5 Å². The lowest BCUT2D eigenvalue weighted by atomic mass is 10.1. The Morgan fingerprint density at radius 1 is 1.18 bits per heavy atom. The summed E-state index contributed by atoms with van der Waals surface area (Å²) < 4.78 is 40.5.